The second-order valence-corrected chi connectivity index (χ2v) is 4.85. The average molecular weight is 222 g/mol. The van der Waals surface area contributed by atoms with E-state index in [0.717, 1.165) is 18.5 Å². The summed E-state index contributed by atoms with van der Waals surface area (Å²) < 4.78 is 0. The number of nitrogens with zero attached hydrogens (tertiary/aromatic N) is 1. The molecule has 0 atom stereocenters. The van der Waals surface area contributed by atoms with Crippen LogP contribution >= 0.6 is 0 Å². The molecular formula is C12H18N2O2. The standard InChI is InChI=1S/C12H18N2O2/c1-12(2,3)13-8-7-10-5-4-6-11(9-10)14(15)16/h4-6,9,13H,7-8H2,1-3H3. The van der Waals surface area contributed by atoms with E-state index in [1.807, 2.05) is 6.07 Å². The van der Waals surface area contributed by atoms with Crippen LogP contribution in [0.3, 0.4) is 0 Å². The molecule has 1 rings (SSSR count). The lowest BCUT2D eigenvalue weighted by Gasteiger charge is -2.20. The van der Waals surface area contributed by atoms with E-state index in [0.29, 0.717) is 0 Å². The summed E-state index contributed by atoms with van der Waals surface area (Å²) in [6.07, 6.45) is 0.805. The molecule has 0 aliphatic rings. The predicted octanol–water partition coefficient (Wildman–Crippen LogP) is 2.53. The van der Waals surface area contributed by atoms with E-state index in [1.54, 1.807) is 12.1 Å². The van der Waals surface area contributed by atoms with E-state index in [2.05, 4.69) is 26.1 Å². The number of hydrogen-bond acceptors (Lipinski definition) is 3. The molecule has 88 valence electrons. The van der Waals surface area contributed by atoms with Gasteiger partial charge in [0.15, 0.2) is 0 Å². The number of nitro benzene ring substituents is 1. The molecule has 0 fully saturated rings. The molecule has 1 aromatic rings. The van der Waals surface area contributed by atoms with E-state index < -0.39 is 0 Å². The first-order chi connectivity index (χ1) is 7.38. The normalized spacial score (nSPS) is 11.4. The Balaban J connectivity index is 2.55. The van der Waals surface area contributed by atoms with E-state index in [-0.39, 0.29) is 16.1 Å². The number of benzene rings is 1. The number of rotatable bonds is 4. The van der Waals surface area contributed by atoms with Crippen molar-refractivity contribution < 1.29 is 4.92 Å². The summed E-state index contributed by atoms with van der Waals surface area (Å²) in [7, 11) is 0. The van der Waals surface area contributed by atoms with Gasteiger partial charge in [-0.15, -0.1) is 0 Å². The lowest BCUT2D eigenvalue weighted by atomic mass is 10.1. The molecule has 0 saturated carbocycles. The van der Waals surface area contributed by atoms with Gasteiger partial charge in [0.05, 0.1) is 4.92 Å². The summed E-state index contributed by atoms with van der Waals surface area (Å²) in [4.78, 5) is 10.2. The zero-order valence-electron chi connectivity index (χ0n) is 9.99. The predicted molar refractivity (Wildman–Crippen MR) is 64.6 cm³/mol. The Morgan fingerprint density at radius 1 is 1.38 bits per heavy atom. The monoisotopic (exact) mass is 222 g/mol. The third kappa shape index (κ3) is 4.40. The van der Waals surface area contributed by atoms with Gasteiger partial charge in [0, 0.05) is 17.7 Å². The molecule has 0 aliphatic carbocycles. The van der Waals surface area contributed by atoms with Crippen molar-refractivity contribution in [3.63, 3.8) is 0 Å². The lowest BCUT2D eigenvalue weighted by molar-refractivity contribution is -0.384. The summed E-state index contributed by atoms with van der Waals surface area (Å²) in [6, 6.07) is 6.78. The van der Waals surface area contributed by atoms with Gasteiger partial charge in [-0.3, -0.25) is 10.1 Å². The minimum atomic E-state index is -0.360. The molecule has 16 heavy (non-hydrogen) atoms. The highest BCUT2D eigenvalue weighted by atomic mass is 16.6. The Labute approximate surface area is 95.8 Å². The van der Waals surface area contributed by atoms with Gasteiger partial charge in [-0.25, -0.2) is 0 Å². The summed E-state index contributed by atoms with van der Waals surface area (Å²) in [5.41, 5.74) is 1.24. The van der Waals surface area contributed by atoms with E-state index in [1.165, 1.54) is 6.07 Å². The van der Waals surface area contributed by atoms with Gasteiger partial charge in [0.1, 0.15) is 0 Å². The fourth-order valence-electron chi connectivity index (χ4n) is 1.41. The third-order valence-electron chi connectivity index (χ3n) is 2.19. The van der Waals surface area contributed by atoms with Gasteiger partial charge in [-0.05, 0) is 39.3 Å². The van der Waals surface area contributed by atoms with Crippen molar-refractivity contribution in [3.05, 3.63) is 39.9 Å². The van der Waals surface area contributed by atoms with E-state index >= 15 is 0 Å². The highest BCUT2D eigenvalue weighted by molar-refractivity contribution is 5.34. The van der Waals surface area contributed by atoms with Gasteiger partial charge >= 0.3 is 0 Å². The first kappa shape index (κ1) is 12.6. The summed E-state index contributed by atoms with van der Waals surface area (Å²) in [5, 5.41) is 13.9. The minimum absolute atomic E-state index is 0.0840. The first-order valence-corrected chi connectivity index (χ1v) is 5.37. The SMILES string of the molecule is CC(C)(C)NCCc1cccc([N+](=O)[O-])c1. The van der Waals surface area contributed by atoms with Crippen LogP contribution in [0.2, 0.25) is 0 Å². The maximum Gasteiger partial charge on any atom is 0.269 e. The van der Waals surface area contributed by atoms with E-state index in [4.69, 9.17) is 0 Å². The van der Waals surface area contributed by atoms with Crippen molar-refractivity contribution in [2.75, 3.05) is 6.54 Å². The van der Waals surface area contributed by atoms with Crippen LogP contribution in [0, 0.1) is 10.1 Å². The molecule has 0 bridgehead atoms. The highest BCUT2D eigenvalue weighted by Gasteiger charge is 2.09. The quantitative estimate of drug-likeness (QED) is 0.629. The number of nitro groups is 1. The molecule has 1 N–H and O–H groups in total. The van der Waals surface area contributed by atoms with Crippen LogP contribution < -0.4 is 5.32 Å². The number of nitrogens with one attached hydrogen (secondary N) is 1. The summed E-state index contributed by atoms with van der Waals surface area (Å²) in [5.74, 6) is 0. The van der Waals surface area contributed by atoms with Crippen molar-refractivity contribution in [3.8, 4) is 0 Å². The highest BCUT2D eigenvalue weighted by Crippen LogP contribution is 2.13. The van der Waals surface area contributed by atoms with Crippen molar-refractivity contribution in [1.29, 1.82) is 0 Å². The Kier molecular flexibility index (Phi) is 4.01. The van der Waals surface area contributed by atoms with Crippen LogP contribution in [0.25, 0.3) is 0 Å². The first-order valence-electron chi connectivity index (χ1n) is 5.37. The lowest BCUT2D eigenvalue weighted by Crippen LogP contribution is -2.37. The topological polar surface area (TPSA) is 55.2 Å². The average Bonchev–Trinajstić information content (AvgIpc) is 2.16. The van der Waals surface area contributed by atoms with Crippen molar-refractivity contribution in [2.45, 2.75) is 32.7 Å². The van der Waals surface area contributed by atoms with Crippen LogP contribution in [0.15, 0.2) is 24.3 Å². The number of non-ortho nitro benzene ring substituents is 1. The maximum atomic E-state index is 10.6. The molecular weight excluding hydrogens is 204 g/mol. The molecule has 4 nitrogen and oxygen atoms in total. The maximum absolute atomic E-state index is 10.6. The molecule has 0 radical (unpaired) electrons. The zero-order chi connectivity index (χ0) is 12.2. The third-order valence-corrected chi connectivity index (χ3v) is 2.19. The van der Waals surface area contributed by atoms with Crippen LogP contribution in [0.1, 0.15) is 26.3 Å². The molecule has 0 spiro atoms. The number of hydrogen-bond donors (Lipinski definition) is 1. The molecule has 0 saturated heterocycles. The van der Waals surface area contributed by atoms with E-state index in [9.17, 15) is 10.1 Å². The van der Waals surface area contributed by atoms with Crippen molar-refractivity contribution >= 4 is 5.69 Å². The van der Waals surface area contributed by atoms with Crippen LogP contribution in [-0.4, -0.2) is 17.0 Å². The van der Waals surface area contributed by atoms with Crippen molar-refractivity contribution in [1.82, 2.24) is 5.32 Å². The Morgan fingerprint density at radius 3 is 2.62 bits per heavy atom. The van der Waals surface area contributed by atoms with Crippen LogP contribution in [0.5, 0.6) is 0 Å². The largest absolute Gasteiger partial charge is 0.312 e. The molecule has 1 aromatic carbocycles. The van der Waals surface area contributed by atoms with Crippen LogP contribution in [0.4, 0.5) is 5.69 Å². The Bertz CT molecular complexity index is 370. The molecule has 4 heteroatoms. The van der Waals surface area contributed by atoms with Gasteiger partial charge in [-0.1, -0.05) is 12.1 Å². The van der Waals surface area contributed by atoms with Crippen LogP contribution in [-0.2, 0) is 6.42 Å². The minimum Gasteiger partial charge on any atom is -0.312 e. The molecule has 0 aliphatic heterocycles. The molecule has 0 unspecified atom stereocenters. The Hall–Kier alpha value is -1.42. The van der Waals surface area contributed by atoms with Gasteiger partial charge < -0.3 is 5.32 Å². The summed E-state index contributed by atoms with van der Waals surface area (Å²) >= 11 is 0. The van der Waals surface area contributed by atoms with Gasteiger partial charge in [0.25, 0.3) is 5.69 Å². The fraction of sp³-hybridized carbons (Fsp3) is 0.500. The van der Waals surface area contributed by atoms with Gasteiger partial charge in [-0.2, -0.15) is 0 Å². The van der Waals surface area contributed by atoms with Gasteiger partial charge in [0.2, 0.25) is 0 Å². The molecule has 0 amide bonds. The van der Waals surface area contributed by atoms with Crippen molar-refractivity contribution in [2.24, 2.45) is 0 Å². The second kappa shape index (κ2) is 5.07. The summed E-state index contributed by atoms with van der Waals surface area (Å²) in [6.45, 7) is 7.12. The molecule has 0 aromatic heterocycles. The molecule has 0 heterocycles. The Morgan fingerprint density at radius 2 is 2.06 bits per heavy atom. The fourth-order valence-corrected chi connectivity index (χ4v) is 1.41. The second-order valence-electron chi connectivity index (χ2n) is 4.85. The smallest absolute Gasteiger partial charge is 0.269 e. The zero-order valence-corrected chi connectivity index (χ0v) is 9.99.